The van der Waals surface area contributed by atoms with E-state index in [0.717, 1.165) is 16.5 Å². The van der Waals surface area contributed by atoms with E-state index in [1.54, 1.807) is 18.3 Å². The Balaban J connectivity index is 1.97. The Labute approximate surface area is 120 Å². The van der Waals surface area contributed by atoms with Crippen LogP contribution >= 0.6 is 11.6 Å². The highest BCUT2D eigenvalue weighted by Crippen LogP contribution is 2.21. The summed E-state index contributed by atoms with van der Waals surface area (Å²) >= 11 is 6.14. The molecular formula is C15H11ClN2O2. The number of carboxylic acids is 1. The van der Waals surface area contributed by atoms with Crippen LogP contribution in [0.5, 0.6) is 0 Å². The van der Waals surface area contributed by atoms with E-state index in [4.69, 9.17) is 16.7 Å². The van der Waals surface area contributed by atoms with Crippen molar-refractivity contribution in [2.45, 2.75) is 6.54 Å². The van der Waals surface area contributed by atoms with Gasteiger partial charge in [-0.1, -0.05) is 35.9 Å². The van der Waals surface area contributed by atoms with Gasteiger partial charge < -0.3 is 5.11 Å². The number of hydrogen-bond acceptors (Lipinski definition) is 2. The van der Waals surface area contributed by atoms with Crippen LogP contribution in [0.15, 0.2) is 48.7 Å². The lowest BCUT2D eigenvalue weighted by Crippen LogP contribution is -2.03. The molecule has 20 heavy (non-hydrogen) atoms. The summed E-state index contributed by atoms with van der Waals surface area (Å²) in [5, 5.41) is 14.7. The topological polar surface area (TPSA) is 55.1 Å². The fourth-order valence-electron chi connectivity index (χ4n) is 2.12. The van der Waals surface area contributed by atoms with Crippen LogP contribution < -0.4 is 0 Å². The van der Waals surface area contributed by atoms with Gasteiger partial charge in [0.25, 0.3) is 0 Å². The molecule has 0 atom stereocenters. The van der Waals surface area contributed by atoms with Crippen molar-refractivity contribution >= 4 is 28.5 Å². The van der Waals surface area contributed by atoms with Gasteiger partial charge in [-0.15, -0.1) is 0 Å². The minimum absolute atomic E-state index is 0.184. The van der Waals surface area contributed by atoms with Crippen LogP contribution in [0.1, 0.15) is 15.9 Å². The van der Waals surface area contributed by atoms with Crippen molar-refractivity contribution in [1.82, 2.24) is 9.78 Å². The van der Waals surface area contributed by atoms with E-state index in [-0.39, 0.29) is 5.56 Å². The van der Waals surface area contributed by atoms with Gasteiger partial charge in [0, 0.05) is 10.4 Å². The zero-order chi connectivity index (χ0) is 14.1. The number of aromatic carboxylic acids is 1. The Morgan fingerprint density at radius 1 is 1.25 bits per heavy atom. The molecule has 3 aromatic rings. The molecule has 1 heterocycles. The molecule has 0 bridgehead atoms. The van der Waals surface area contributed by atoms with E-state index in [1.807, 2.05) is 28.9 Å². The molecule has 0 unspecified atom stereocenters. The van der Waals surface area contributed by atoms with Crippen molar-refractivity contribution in [3.63, 3.8) is 0 Å². The van der Waals surface area contributed by atoms with Gasteiger partial charge in [0.2, 0.25) is 0 Å². The molecule has 0 amide bonds. The first-order chi connectivity index (χ1) is 9.65. The number of nitrogens with zero attached hydrogens (tertiary/aromatic N) is 2. The first-order valence-electron chi connectivity index (χ1n) is 6.07. The van der Waals surface area contributed by atoms with Gasteiger partial charge in [-0.2, -0.15) is 5.10 Å². The van der Waals surface area contributed by atoms with Gasteiger partial charge in [0.15, 0.2) is 0 Å². The molecule has 0 aliphatic rings. The largest absolute Gasteiger partial charge is 0.478 e. The molecule has 1 aromatic heterocycles. The maximum absolute atomic E-state index is 10.9. The Kier molecular flexibility index (Phi) is 3.16. The van der Waals surface area contributed by atoms with Crippen molar-refractivity contribution in [1.29, 1.82) is 0 Å². The molecular weight excluding hydrogens is 276 g/mol. The lowest BCUT2D eigenvalue weighted by molar-refractivity contribution is 0.0697. The first kappa shape index (κ1) is 12.7. The van der Waals surface area contributed by atoms with E-state index in [1.165, 1.54) is 6.07 Å². The third-order valence-electron chi connectivity index (χ3n) is 3.17. The predicted octanol–water partition coefficient (Wildman–Crippen LogP) is 3.44. The number of carboxylic acid groups (broad SMARTS) is 1. The van der Waals surface area contributed by atoms with Crippen LogP contribution in [0.4, 0.5) is 0 Å². The summed E-state index contributed by atoms with van der Waals surface area (Å²) in [5.41, 5.74) is 2.04. The summed E-state index contributed by atoms with van der Waals surface area (Å²) in [6.07, 6.45) is 1.80. The maximum atomic E-state index is 10.9. The molecule has 4 nitrogen and oxygen atoms in total. The number of benzene rings is 2. The number of carbonyl (C=O) groups is 1. The van der Waals surface area contributed by atoms with Crippen LogP contribution in [-0.2, 0) is 6.54 Å². The van der Waals surface area contributed by atoms with E-state index in [2.05, 4.69) is 5.10 Å². The minimum Gasteiger partial charge on any atom is -0.478 e. The van der Waals surface area contributed by atoms with Crippen LogP contribution in [-0.4, -0.2) is 20.9 Å². The monoisotopic (exact) mass is 286 g/mol. The average Bonchev–Trinajstić information content (AvgIpc) is 2.84. The van der Waals surface area contributed by atoms with Gasteiger partial charge in [0.1, 0.15) is 0 Å². The lowest BCUT2D eigenvalue weighted by Gasteiger charge is -2.07. The number of fused-ring (bicyclic) bond motifs is 1. The van der Waals surface area contributed by atoms with Gasteiger partial charge in [-0.3, -0.25) is 4.68 Å². The molecule has 0 aliphatic heterocycles. The highest BCUT2D eigenvalue weighted by molar-refractivity contribution is 6.31. The van der Waals surface area contributed by atoms with Crippen LogP contribution in [0.25, 0.3) is 10.9 Å². The molecule has 0 fully saturated rings. The van der Waals surface area contributed by atoms with Gasteiger partial charge in [-0.05, 0) is 23.8 Å². The molecule has 2 aromatic carbocycles. The normalized spacial score (nSPS) is 10.8. The van der Waals surface area contributed by atoms with Crippen molar-refractivity contribution in [3.05, 3.63) is 64.8 Å². The molecule has 0 saturated carbocycles. The zero-order valence-electron chi connectivity index (χ0n) is 10.5. The van der Waals surface area contributed by atoms with Gasteiger partial charge in [0.05, 0.1) is 23.8 Å². The molecule has 5 heteroatoms. The Hall–Kier alpha value is -2.33. The number of rotatable bonds is 3. The average molecular weight is 287 g/mol. The molecule has 1 N–H and O–H groups in total. The Morgan fingerprint density at radius 3 is 2.80 bits per heavy atom. The third kappa shape index (κ3) is 2.26. The summed E-state index contributed by atoms with van der Waals surface area (Å²) in [6, 6.07) is 12.6. The highest BCUT2D eigenvalue weighted by Gasteiger charge is 2.09. The quantitative estimate of drug-likeness (QED) is 0.802. The summed E-state index contributed by atoms with van der Waals surface area (Å²) in [4.78, 5) is 10.9. The smallest absolute Gasteiger partial charge is 0.335 e. The Bertz CT molecular complexity index is 795. The predicted molar refractivity (Wildman–Crippen MR) is 77.2 cm³/mol. The molecule has 0 radical (unpaired) electrons. The maximum Gasteiger partial charge on any atom is 0.335 e. The standard InChI is InChI=1S/C15H11ClN2O2/c16-13-7-10(15(19)20)5-6-12(13)9-18-14-4-2-1-3-11(14)8-17-18/h1-8H,9H2,(H,19,20). The zero-order valence-corrected chi connectivity index (χ0v) is 11.2. The summed E-state index contributed by atoms with van der Waals surface area (Å²) < 4.78 is 1.84. The van der Waals surface area contributed by atoms with Crippen LogP contribution in [0.3, 0.4) is 0 Å². The molecule has 0 saturated heterocycles. The first-order valence-corrected chi connectivity index (χ1v) is 6.45. The van der Waals surface area contributed by atoms with Crippen molar-refractivity contribution in [2.75, 3.05) is 0 Å². The van der Waals surface area contributed by atoms with Crippen LogP contribution in [0.2, 0.25) is 5.02 Å². The molecule has 0 aliphatic carbocycles. The Morgan fingerprint density at radius 2 is 2.05 bits per heavy atom. The van der Waals surface area contributed by atoms with Gasteiger partial charge in [-0.25, -0.2) is 4.79 Å². The van der Waals surface area contributed by atoms with E-state index >= 15 is 0 Å². The SMILES string of the molecule is O=C(O)c1ccc(Cn2ncc3ccccc32)c(Cl)c1. The number of hydrogen-bond donors (Lipinski definition) is 1. The van der Waals surface area contributed by atoms with Crippen molar-refractivity contribution in [2.24, 2.45) is 0 Å². The fraction of sp³-hybridized carbons (Fsp3) is 0.0667. The second kappa shape index (κ2) is 4.98. The van der Waals surface area contributed by atoms with E-state index < -0.39 is 5.97 Å². The van der Waals surface area contributed by atoms with E-state index in [0.29, 0.717) is 11.6 Å². The third-order valence-corrected chi connectivity index (χ3v) is 3.52. The molecule has 3 rings (SSSR count). The number of aromatic nitrogens is 2. The van der Waals surface area contributed by atoms with Crippen molar-refractivity contribution in [3.8, 4) is 0 Å². The summed E-state index contributed by atoms with van der Waals surface area (Å²) in [6.45, 7) is 0.506. The number of halogens is 1. The molecule has 0 spiro atoms. The fourth-order valence-corrected chi connectivity index (χ4v) is 2.36. The molecule has 100 valence electrons. The number of para-hydroxylation sites is 1. The van der Waals surface area contributed by atoms with Gasteiger partial charge >= 0.3 is 5.97 Å². The van der Waals surface area contributed by atoms with E-state index in [9.17, 15) is 4.79 Å². The lowest BCUT2D eigenvalue weighted by atomic mass is 10.1. The summed E-state index contributed by atoms with van der Waals surface area (Å²) in [5.74, 6) is -0.983. The van der Waals surface area contributed by atoms with Crippen LogP contribution in [0, 0.1) is 0 Å². The second-order valence-electron chi connectivity index (χ2n) is 4.47. The van der Waals surface area contributed by atoms with Crippen molar-refractivity contribution < 1.29 is 9.90 Å². The minimum atomic E-state index is -0.983. The highest BCUT2D eigenvalue weighted by atomic mass is 35.5. The second-order valence-corrected chi connectivity index (χ2v) is 4.88. The summed E-state index contributed by atoms with van der Waals surface area (Å²) in [7, 11) is 0.